The highest BCUT2D eigenvalue weighted by molar-refractivity contribution is 7.89. The van der Waals surface area contributed by atoms with Crippen molar-refractivity contribution >= 4 is 38.2 Å². The molecule has 0 rings (SSSR count). The summed E-state index contributed by atoms with van der Waals surface area (Å²) in [5.41, 5.74) is 0. The summed E-state index contributed by atoms with van der Waals surface area (Å²) >= 11 is 0. The SMILES string of the molecule is CCO[Si](CC[Si]([Si](C)(C)C)([Si](C)(C)C)[Si](C)(C)C)(OCC)OCC. The largest absolute Gasteiger partial charge is 0.500 e. The zero-order valence-electron chi connectivity index (χ0n) is 19.3. The van der Waals surface area contributed by atoms with Crippen LogP contribution < -0.4 is 0 Å². The zero-order chi connectivity index (χ0) is 20.2. The zero-order valence-corrected chi connectivity index (χ0v) is 24.3. The Morgan fingerprint density at radius 3 is 0.960 bits per heavy atom. The lowest BCUT2D eigenvalue weighted by molar-refractivity contribution is 0.0725. The van der Waals surface area contributed by atoms with E-state index in [0.717, 1.165) is 6.04 Å². The third-order valence-electron chi connectivity index (χ3n) is 5.74. The van der Waals surface area contributed by atoms with E-state index in [2.05, 4.69) is 79.7 Å². The van der Waals surface area contributed by atoms with Gasteiger partial charge in [0.15, 0.2) is 0 Å². The van der Waals surface area contributed by atoms with Crippen LogP contribution in [-0.4, -0.2) is 58.0 Å². The molecular weight excluding hydrogens is 393 g/mol. The molecule has 0 unspecified atom stereocenters. The van der Waals surface area contributed by atoms with Crippen molar-refractivity contribution in [3.8, 4) is 0 Å². The maximum Gasteiger partial charge on any atom is 0.500 e. The monoisotopic (exact) mass is 438 g/mol. The Kier molecular flexibility index (Phi) is 9.81. The lowest BCUT2D eigenvalue weighted by Gasteiger charge is -2.58. The van der Waals surface area contributed by atoms with Crippen molar-refractivity contribution in [1.82, 2.24) is 0 Å². The van der Waals surface area contributed by atoms with E-state index in [1.165, 1.54) is 6.04 Å². The van der Waals surface area contributed by atoms with E-state index in [4.69, 9.17) is 13.3 Å². The van der Waals surface area contributed by atoms with Gasteiger partial charge in [-0.25, -0.2) is 0 Å². The van der Waals surface area contributed by atoms with Crippen molar-refractivity contribution in [2.75, 3.05) is 19.8 Å². The lowest BCUT2D eigenvalue weighted by Crippen LogP contribution is -2.82. The summed E-state index contributed by atoms with van der Waals surface area (Å²) in [6.07, 6.45) is 0. The summed E-state index contributed by atoms with van der Waals surface area (Å²) in [5.74, 6) is 0. The van der Waals surface area contributed by atoms with E-state index in [0.29, 0.717) is 19.8 Å². The Morgan fingerprint density at radius 2 is 0.760 bits per heavy atom. The van der Waals surface area contributed by atoms with E-state index in [1.807, 2.05) is 0 Å². The first-order valence-corrected chi connectivity index (χ1v) is 27.7. The van der Waals surface area contributed by atoms with E-state index in [-0.39, 0.29) is 0 Å². The van der Waals surface area contributed by atoms with Crippen LogP contribution in [0.4, 0.5) is 0 Å². The molecule has 0 bridgehead atoms. The first-order valence-electron chi connectivity index (χ1n) is 10.1. The van der Waals surface area contributed by atoms with Gasteiger partial charge in [0.2, 0.25) is 0 Å². The Bertz CT molecular complexity index is 343. The molecule has 152 valence electrons. The fourth-order valence-corrected chi connectivity index (χ4v) is 111. The van der Waals surface area contributed by atoms with Gasteiger partial charge in [0, 0.05) is 55.3 Å². The fourth-order valence-electron chi connectivity index (χ4n) is 5.84. The van der Waals surface area contributed by atoms with Crippen LogP contribution in [0.25, 0.3) is 0 Å². The molecule has 0 spiro atoms. The van der Waals surface area contributed by atoms with Crippen LogP contribution in [-0.2, 0) is 13.3 Å². The Labute approximate surface area is 163 Å². The molecule has 0 aromatic heterocycles. The van der Waals surface area contributed by atoms with Crippen molar-refractivity contribution in [2.24, 2.45) is 0 Å². The molecule has 0 aliphatic heterocycles. The number of rotatable bonds is 12. The Morgan fingerprint density at radius 1 is 0.480 bits per heavy atom. The minimum Gasteiger partial charge on any atom is -0.374 e. The molecule has 0 atom stereocenters. The van der Waals surface area contributed by atoms with Gasteiger partial charge in [-0.15, -0.1) is 0 Å². The second kappa shape index (κ2) is 9.44. The molecule has 0 aliphatic carbocycles. The van der Waals surface area contributed by atoms with Crippen LogP contribution in [0, 0.1) is 0 Å². The van der Waals surface area contributed by atoms with E-state index >= 15 is 0 Å². The van der Waals surface area contributed by atoms with Crippen molar-refractivity contribution in [1.29, 1.82) is 0 Å². The summed E-state index contributed by atoms with van der Waals surface area (Å²) in [6.45, 7) is 30.8. The van der Waals surface area contributed by atoms with Crippen LogP contribution in [0.2, 0.25) is 71.0 Å². The minimum atomic E-state index is -2.54. The van der Waals surface area contributed by atoms with Gasteiger partial charge in [0.05, 0.1) is 0 Å². The van der Waals surface area contributed by atoms with Crippen LogP contribution in [0.3, 0.4) is 0 Å². The Hall–Kier alpha value is 0.964. The molecule has 0 radical (unpaired) electrons. The van der Waals surface area contributed by atoms with E-state index in [9.17, 15) is 0 Å². The summed E-state index contributed by atoms with van der Waals surface area (Å²) in [4.78, 5) is 0. The molecule has 0 amide bonds. The molecule has 0 aliphatic rings. The summed E-state index contributed by atoms with van der Waals surface area (Å²) in [5, 5.41) is 0. The van der Waals surface area contributed by atoms with Crippen molar-refractivity contribution in [3.05, 3.63) is 0 Å². The molecule has 3 nitrogen and oxygen atoms in total. The predicted octanol–water partition coefficient (Wildman–Crippen LogP) is 5.73. The molecule has 0 heterocycles. The topological polar surface area (TPSA) is 27.7 Å². The third kappa shape index (κ3) is 5.97. The molecule has 0 saturated heterocycles. The maximum atomic E-state index is 6.21. The highest BCUT2D eigenvalue weighted by atomic mass is 29.9. The van der Waals surface area contributed by atoms with Gasteiger partial charge in [-0.3, -0.25) is 0 Å². The van der Waals surface area contributed by atoms with Gasteiger partial charge in [0.1, 0.15) is 0 Å². The standard InChI is InChI=1S/C17H46O3Si5/c1-13-18-24(19-14-2,20-15-3)16-17-25(21(4,5)6,22(7,8)9)23(10,11)12/h13-17H2,1-12H3. The second-order valence-corrected chi connectivity index (χ2v) is 54.4. The molecule has 0 fully saturated rings. The first kappa shape index (κ1) is 26.0. The van der Waals surface area contributed by atoms with Crippen LogP contribution in [0.1, 0.15) is 20.8 Å². The maximum absolute atomic E-state index is 6.21. The van der Waals surface area contributed by atoms with Gasteiger partial charge in [-0.2, -0.15) is 0 Å². The molecule has 0 saturated carbocycles. The van der Waals surface area contributed by atoms with Crippen molar-refractivity contribution in [3.63, 3.8) is 0 Å². The lowest BCUT2D eigenvalue weighted by atomic mass is 10.9. The molecule has 0 N–H and O–H groups in total. The van der Waals surface area contributed by atoms with Gasteiger partial charge in [-0.1, -0.05) is 65.0 Å². The quantitative estimate of drug-likeness (QED) is 0.364. The molecule has 0 aromatic rings. The molecule has 0 aromatic carbocycles. The van der Waals surface area contributed by atoms with E-state index in [1.54, 1.807) is 0 Å². The van der Waals surface area contributed by atoms with Gasteiger partial charge >= 0.3 is 8.80 Å². The van der Waals surface area contributed by atoms with Crippen LogP contribution >= 0.6 is 0 Å². The van der Waals surface area contributed by atoms with E-state index < -0.39 is 38.2 Å². The molecule has 8 heteroatoms. The fraction of sp³-hybridized carbons (Fsp3) is 1.00. The molecule has 25 heavy (non-hydrogen) atoms. The highest BCUT2D eigenvalue weighted by Crippen LogP contribution is 2.42. The van der Waals surface area contributed by atoms with Gasteiger partial charge in [-0.05, 0) is 20.8 Å². The third-order valence-corrected chi connectivity index (χ3v) is 83.8. The summed E-state index contributed by atoms with van der Waals surface area (Å²) < 4.78 is 18.6. The smallest absolute Gasteiger partial charge is 0.374 e. The van der Waals surface area contributed by atoms with Crippen molar-refractivity contribution in [2.45, 2.75) is 91.8 Å². The number of hydrogen-bond donors (Lipinski definition) is 0. The van der Waals surface area contributed by atoms with Gasteiger partial charge in [0.25, 0.3) is 0 Å². The minimum absolute atomic E-state index is 0.688. The number of hydrogen-bond acceptors (Lipinski definition) is 3. The first-order chi connectivity index (χ1) is 11.1. The van der Waals surface area contributed by atoms with Crippen molar-refractivity contribution < 1.29 is 13.3 Å². The summed E-state index contributed by atoms with van der Waals surface area (Å²) in [7, 11) is -6.32. The average molecular weight is 439 g/mol. The summed E-state index contributed by atoms with van der Waals surface area (Å²) in [6, 6.07) is 2.40. The highest BCUT2D eigenvalue weighted by Gasteiger charge is 2.62. The Balaban J connectivity index is 6.02. The van der Waals surface area contributed by atoms with Crippen LogP contribution in [0.5, 0.6) is 0 Å². The second-order valence-electron chi connectivity index (χ2n) is 10.1. The normalized spacial score (nSPS) is 14.9. The van der Waals surface area contributed by atoms with Gasteiger partial charge < -0.3 is 13.3 Å². The average Bonchev–Trinajstić information content (AvgIpc) is 2.35. The molecular formula is C17H46O3Si5. The predicted molar refractivity (Wildman–Crippen MR) is 126 cm³/mol. The van der Waals surface area contributed by atoms with Crippen LogP contribution in [0.15, 0.2) is 0 Å².